The number of hydrogen-bond donors (Lipinski definition) is 2. The Kier molecular flexibility index (Phi) is 5.35. The second kappa shape index (κ2) is 7.24. The second-order valence-corrected chi connectivity index (χ2v) is 5.89. The number of nitrogens with zero attached hydrogens (tertiary/aromatic N) is 3. The largest absolute Gasteiger partial charge is 0.393 e. The Morgan fingerprint density at radius 3 is 2.90 bits per heavy atom. The second-order valence-electron chi connectivity index (χ2n) is 5.03. The molecule has 2 atom stereocenters. The minimum atomic E-state index is -0.362. The SMILES string of the molecule is CC(O)CC(C)CNC(=O)c1csc(-c2cnccn2)n1. The number of aliphatic hydroxyl groups excluding tert-OH is 1. The summed E-state index contributed by atoms with van der Waals surface area (Å²) in [5, 5.41) is 14.5. The zero-order valence-corrected chi connectivity index (χ0v) is 12.8. The number of rotatable bonds is 6. The molecule has 2 aromatic rings. The molecule has 0 aliphatic carbocycles. The van der Waals surface area contributed by atoms with Gasteiger partial charge in [0, 0.05) is 24.3 Å². The van der Waals surface area contributed by atoms with Crippen LogP contribution in [0.3, 0.4) is 0 Å². The van der Waals surface area contributed by atoms with Crippen molar-refractivity contribution in [2.24, 2.45) is 5.92 Å². The van der Waals surface area contributed by atoms with Crippen molar-refractivity contribution < 1.29 is 9.90 Å². The normalized spacial score (nSPS) is 13.7. The Morgan fingerprint density at radius 1 is 1.43 bits per heavy atom. The van der Waals surface area contributed by atoms with Gasteiger partial charge in [0.05, 0.1) is 12.3 Å². The lowest BCUT2D eigenvalue weighted by Crippen LogP contribution is -2.29. The predicted molar refractivity (Wildman–Crippen MR) is 80.9 cm³/mol. The number of carbonyl (C=O) groups is 1. The van der Waals surface area contributed by atoms with Gasteiger partial charge in [0.1, 0.15) is 16.4 Å². The molecule has 2 N–H and O–H groups in total. The van der Waals surface area contributed by atoms with Crippen LogP contribution < -0.4 is 5.32 Å². The predicted octanol–water partition coefficient (Wildman–Crippen LogP) is 1.74. The van der Waals surface area contributed by atoms with E-state index in [4.69, 9.17) is 0 Å². The lowest BCUT2D eigenvalue weighted by atomic mass is 10.0. The van der Waals surface area contributed by atoms with Gasteiger partial charge in [-0.1, -0.05) is 6.92 Å². The maximum absolute atomic E-state index is 12.0. The van der Waals surface area contributed by atoms with E-state index in [0.29, 0.717) is 29.4 Å². The molecular weight excluding hydrogens is 288 g/mol. The summed E-state index contributed by atoms with van der Waals surface area (Å²) in [5.41, 5.74) is 1.04. The molecule has 2 unspecified atom stereocenters. The third-order valence-corrected chi connectivity index (χ3v) is 3.74. The Bertz CT molecular complexity index is 586. The van der Waals surface area contributed by atoms with Crippen LogP contribution in [0.1, 0.15) is 30.8 Å². The van der Waals surface area contributed by atoms with Crippen LogP contribution in [0.4, 0.5) is 0 Å². The molecule has 21 heavy (non-hydrogen) atoms. The molecule has 0 radical (unpaired) electrons. The smallest absolute Gasteiger partial charge is 0.270 e. The van der Waals surface area contributed by atoms with E-state index in [1.807, 2.05) is 6.92 Å². The van der Waals surface area contributed by atoms with Crippen molar-refractivity contribution in [1.29, 1.82) is 0 Å². The summed E-state index contributed by atoms with van der Waals surface area (Å²) in [7, 11) is 0. The standard InChI is InChI=1S/C14H18N4O2S/c1-9(5-10(2)19)6-17-13(20)12-8-21-14(18-12)11-7-15-3-4-16-11/h3-4,7-10,19H,5-6H2,1-2H3,(H,17,20). The maximum Gasteiger partial charge on any atom is 0.270 e. The Hall–Kier alpha value is -1.86. The number of thiazole rings is 1. The van der Waals surface area contributed by atoms with Gasteiger partial charge in [0.2, 0.25) is 0 Å². The number of carbonyl (C=O) groups excluding carboxylic acids is 1. The first-order chi connectivity index (χ1) is 10.1. The van der Waals surface area contributed by atoms with Crippen molar-refractivity contribution in [3.8, 4) is 10.7 Å². The molecule has 2 heterocycles. The van der Waals surface area contributed by atoms with E-state index in [-0.39, 0.29) is 17.9 Å². The van der Waals surface area contributed by atoms with Crippen LogP contribution in [0.25, 0.3) is 10.7 Å². The van der Waals surface area contributed by atoms with Crippen LogP contribution in [0.2, 0.25) is 0 Å². The van der Waals surface area contributed by atoms with Crippen LogP contribution in [0, 0.1) is 5.92 Å². The number of nitrogens with one attached hydrogen (secondary N) is 1. The molecule has 0 spiro atoms. The summed E-state index contributed by atoms with van der Waals surface area (Å²) in [4.78, 5) is 24.4. The van der Waals surface area contributed by atoms with Crippen molar-refractivity contribution in [2.75, 3.05) is 6.54 Å². The third-order valence-electron chi connectivity index (χ3n) is 2.87. The van der Waals surface area contributed by atoms with Crippen LogP contribution >= 0.6 is 11.3 Å². The molecule has 2 aromatic heterocycles. The molecule has 0 saturated heterocycles. The van der Waals surface area contributed by atoms with Crippen molar-refractivity contribution in [3.63, 3.8) is 0 Å². The van der Waals surface area contributed by atoms with E-state index in [9.17, 15) is 9.90 Å². The fourth-order valence-corrected chi connectivity index (χ4v) is 2.69. The van der Waals surface area contributed by atoms with Gasteiger partial charge in [-0.15, -0.1) is 11.3 Å². The minimum Gasteiger partial charge on any atom is -0.393 e. The lowest BCUT2D eigenvalue weighted by molar-refractivity contribution is 0.0935. The summed E-state index contributed by atoms with van der Waals surface area (Å²) < 4.78 is 0. The van der Waals surface area contributed by atoms with E-state index in [1.165, 1.54) is 11.3 Å². The van der Waals surface area contributed by atoms with Gasteiger partial charge < -0.3 is 10.4 Å². The number of aromatic nitrogens is 3. The van der Waals surface area contributed by atoms with Gasteiger partial charge in [-0.05, 0) is 19.3 Å². The van der Waals surface area contributed by atoms with Crippen LogP contribution in [-0.2, 0) is 0 Å². The van der Waals surface area contributed by atoms with Gasteiger partial charge >= 0.3 is 0 Å². The topological polar surface area (TPSA) is 88.0 Å². The monoisotopic (exact) mass is 306 g/mol. The number of amides is 1. The van der Waals surface area contributed by atoms with E-state index < -0.39 is 0 Å². The molecule has 0 aromatic carbocycles. The highest BCUT2D eigenvalue weighted by molar-refractivity contribution is 7.13. The third kappa shape index (κ3) is 4.57. The fourth-order valence-electron chi connectivity index (χ4n) is 1.93. The summed E-state index contributed by atoms with van der Waals surface area (Å²) in [6.45, 7) is 4.24. The summed E-state index contributed by atoms with van der Waals surface area (Å²) in [6.07, 6.45) is 5.09. The van der Waals surface area contributed by atoms with Crippen molar-refractivity contribution in [3.05, 3.63) is 29.7 Å². The molecule has 6 nitrogen and oxygen atoms in total. The van der Waals surface area contributed by atoms with Crippen LogP contribution in [0.5, 0.6) is 0 Å². The van der Waals surface area contributed by atoms with E-state index >= 15 is 0 Å². The highest BCUT2D eigenvalue weighted by Gasteiger charge is 2.14. The minimum absolute atomic E-state index is 0.209. The Morgan fingerprint density at radius 2 is 2.24 bits per heavy atom. The summed E-state index contributed by atoms with van der Waals surface area (Å²) in [6, 6.07) is 0. The molecule has 0 bridgehead atoms. The first-order valence-corrected chi connectivity index (χ1v) is 7.62. The van der Waals surface area contributed by atoms with Gasteiger partial charge in [0.25, 0.3) is 5.91 Å². The van der Waals surface area contributed by atoms with Gasteiger partial charge in [-0.2, -0.15) is 0 Å². The molecule has 2 rings (SSSR count). The summed E-state index contributed by atoms with van der Waals surface area (Å²) >= 11 is 1.36. The molecular formula is C14H18N4O2S. The van der Waals surface area contributed by atoms with Crippen molar-refractivity contribution in [1.82, 2.24) is 20.3 Å². The van der Waals surface area contributed by atoms with Crippen LogP contribution in [0.15, 0.2) is 24.0 Å². The molecule has 1 amide bonds. The fraction of sp³-hybridized carbons (Fsp3) is 0.429. The van der Waals surface area contributed by atoms with E-state index in [0.717, 1.165) is 0 Å². The highest BCUT2D eigenvalue weighted by Crippen LogP contribution is 2.20. The quantitative estimate of drug-likeness (QED) is 0.848. The molecule has 0 aliphatic heterocycles. The molecule has 7 heteroatoms. The molecule has 0 fully saturated rings. The average Bonchev–Trinajstić information content (AvgIpc) is 2.95. The van der Waals surface area contributed by atoms with E-state index in [2.05, 4.69) is 20.3 Å². The van der Waals surface area contributed by atoms with Crippen molar-refractivity contribution >= 4 is 17.2 Å². The highest BCUT2D eigenvalue weighted by atomic mass is 32.1. The Labute approximate surface area is 127 Å². The maximum atomic E-state index is 12.0. The summed E-state index contributed by atoms with van der Waals surface area (Å²) in [5.74, 6) is 0.00544. The van der Waals surface area contributed by atoms with Gasteiger partial charge in [-0.3, -0.25) is 14.8 Å². The molecule has 0 saturated carbocycles. The zero-order valence-electron chi connectivity index (χ0n) is 12.0. The van der Waals surface area contributed by atoms with E-state index in [1.54, 1.807) is 30.9 Å². The number of hydrogen-bond acceptors (Lipinski definition) is 6. The Balaban J connectivity index is 1.93. The lowest BCUT2D eigenvalue weighted by Gasteiger charge is -2.13. The molecule has 112 valence electrons. The average molecular weight is 306 g/mol. The molecule has 0 aliphatic rings. The van der Waals surface area contributed by atoms with Gasteiger partial charge in [0.15, 0.2) is 0 Å². The van der Waals surface area contributed by atoms with Gasteiger partial charge in [-0.25, -0.2) is 4.98 Å². The zero-order chi connectivity index (χ0) is 15.2. The number of aliphatic hydroxyl groups is 1. The van der Waals surface area contributed by atoms with Crippen LogP contribution in [-0.4, -0.2) is 38.6 Å². The first-order valence-electron chi connectivity index (χ1n) is 6.74. The first kappa shape index (κ1) is 15.5. The van der Waals surface area contributed by atoms with Crippen molar-refractivity contribution in [2.45, 2.75) is 26.4 Å².